The molecule has 0 unspecified atom stereocenters. The molecule has 2 nitrogen and oxygen atoms in total. The molecular formula is C68H52N2. The van der Waals surface area contributed by atoms with Crippen LogP contribution in [-0.4, -0.2) is 0 Å². The zero-order valence-electron chi connectivity index (χ0n) is 39.2. The van der Waals surface area contributed by atoms with E-state index < -0.39 is 0 Å². The van der Waals surface area contributed by atoms with Crippen LogP contribution >= 0.6 is 0 Å². The molecule has 70 heavy (non-hydrogen) atoms. The fourth-order valence-corrected chi connectivity index (χ4v) is 11.9. The molecule has 0 amide bonds. The molecule has 0 aliphatic heterocycles. The highest BCUT2D eigenvalue weighted by atomic mass is 15.1. The summed E-state index contributed by atoms with van der Waals surface area (Å²) in [4.78, 5) is 4.86. The van der Waals surface area contributed by atoms with Crippen molar-refractivity contribution < 1.29 is 0 Å². The molecule has 0 bridgehead atoms. The normalized spacial score (nSPS) is 13.5. The third-order valence-corrected chi connectivity index (χ3v) is 15.2. The zero-order chi connectivity index (χ0) is 46.4. The van der Waals surface area contributed by atoms with Gasteiger partial charge in [-0.2, -0.15) is 0 Å². The predicted molar refractivity (Wildman–Crippen MR) is 296 cm³/mol. The predicted octanol–water partition coefficient (Wildman–Crippen LogP) is 19.2. The van der Waals surface area contributed by atoms with Crippen molar-refractivity contribution in [2.24, 2.45) is 0 Å². The van der Waals surface area contributed by atoms with Crippen molar-refractivity contribution in [3.05, 3.63) is 266 Å². The molecule has 0 heterocycles. The molecule has 0 atom stereocenters. The first kappa shape index (κ1) is 41.7. The highest BCUT2D eigenvalue weighted by molar-refractivity contribution is 6.01. The van der Waals surface area contributed by atoms with Gasteiger partial charge in [0.05, 0.1) is 11.4 Å². The Morgan fingerprint density at radius 1 is 0.271 bits per heavy atom. The Morgan fingerprint density at radius 3 is 1.27 bits per heavy atom. The van der Waals surface area contributed by atoms with Crippen LogP contribution in [0.2, 0.25) is 0 Å². The standard InChI is InChI=1S/C68H52N2/c1-3-16-48(17-4-1)54-22-13-23-55(46-54)51-34-40-57(41-35-51)69(66-28-14-20-52-18-5-7-24-60(52)66)56-36-30-49(31-37-56)50-32-38-58(39-33-50)70(67-29-15-21-53-19-6-8-25-61(53)67)59-42-43-65-63(47-59)62-26-9-10-27-64(62)68(65)44-11-2-12-45-68/h1,3-10,13-43,46-47H,2,11-12,44-45H2. The summed E-state index contributed by atoms with van der Waals surface area (Å²) in [7, 11) is 0. The van der Waals surface area contributed by atoms with Crippen LogP contribution in [0.15, 0.2) is 255 Å². The quantitative estimate of drug-likeness (QED) is 0.142. The summed E-state index contributed by atoms with van der Waals surface area (Å²) in [6, 6.07) is 94.0. The minimum Gasteiger partial charge on any atom is -0.310 e. The van der Waals surface area contributed by atoms with Crippen LogP contribution < -0.4 is 9.80 Å². The van der Waals surface area contributed by atoms with Gasteiger partial charge < -0.3 is 9.80 Å². The first-order valence-corrected chi connectivity index (χ1v) is 25.0. The van der Waals surface area contributed by atoms with Crippen molar-refractivity contribution in [1.29, 1.82) is 0 Å². The summed E-state index contributed by atoms with van der Waals surface area (Å²) in [6.07, 6.45) is 6.36. The molecule has 0 radical (unpaired) electrons. The molecule has 1 saturated carbocycles. The van der Waals surface area contributed by atoms with Crippen molar-refractivity contribution in [3.63, 3.8) is 0 Å². The molecule has 11 aromatic rings. The van der Waals surface area contributed by atoms with Gasteiger partial charge in [0.15, 0.2) is 0 Å². The maximum absolute atomic E-state index is 2.48. The first-order valence-electron chi connectivity index (χ1n) is 25.0. The van der Waals surface area contributed by atoms with E-state index in [9.17, 15) is 0 Å². The van der Waals surface area contributed by atoms with E-state index in [1.54, 1.807) is 0 Å². The second-order valence-corrected chi connectivity index (χ2v) is 19.2. The van der Waals surface area contributed by atoms with Gasteiger partial charge in [-0.15, -0.1) is 0 Å². The van der Waals surface area contributed by atoms with E-state index in [0.29, 0.717) is 0 Å². The Hall–Kier alpha value is -8.46. The molecule has 2 heteroatoms. The van der Waals surface area contributed by atoms with Crippen LogP contribution in [0.5, 0.6) is 0 Å². The van der Waals surface area contributed by atoms with Crippen molar-refractivity contribution in [3.8, 4) is 44.5 Å². The fraction of sp³-hybridized carbons (Fsp3) is 0.0882. The lowest BCUT2D eigenvalue weighted by atomic mass is 9.68. The molecule has 0 N–H and O–H groups in total. The van der Waals surface area contributed by atoms with E-state index in [0.717, 1.165) is 22.7 Å². The van der Waals surface area contributed by atoms with E-state index in [-0.39, 0.29) is 5.41 Å². The number of benzene rings is 11. The monoisotopic (exact) mass is 896 g/mol. The fourth-order valence-electron chi connectivity index (χ4n) is 11.9. The van der Waals surface area contributed by atoms with Gasteiger partial charge in [-0.3, -0.25) is 0 Å². The average molecular weight is 897 g/mol. The lowest BCUT2D eigenvalue weighted by Gasteiger charge is -2.36. The number of anilines is 6. The molecule has 0 saturated heterocycles. The van der Waals surface area contributed by atoms with Crippen molar-refractivity contribution >= 4 is 55.7 Å². The third-order valence-electron chi connectivity index (χ3n) is 15.2. The van der Waals surface area contributed by atoms with Gasteiger partial charge in [-0.25, -0.2) is 0 Å². The van der Waals surface area contributed by atoms with Crippen LogP contribution in [0.1, 0.15) is 43.2 Å². The Kier molecular flexibility index (Phi) is 10.5. The van der Waals surface area contributed by atoms with Gasteiger partial charge in [0.2, 0.25) is 0 Å². The highest BCUT2D eigenvalue weighted by Crippen LogP contribution is 2.57. The van der Waals surface area contributed by atoms with Crippen LogP contribution in [0.3, 0.4) is 0 Å². The second-order valence-electron chi connectivity index (χ2n) is 19.2. The second kappa shape index (κ2) is 17.6. The number of hydrogen-bond donors (Lipinski definition) is 0. The zero-order valence-corrected chi connectivity index (χ0v) is 39.2. The van der Waals surface area contributed by atoms with Gasteiger partial charge >= 0.3 is 0 Å². The number of hydrogen-bond acceptors (Lipinski definition) is 2. The van der Waals surface area contributed by atoms with Gasteiger partial charge in [0.1, 0.15) is 0 Å². The largest absolute Gasteiger partial charge is 0.310 e. The summed E-state index contributed by atoms with van der Waals surface area (Å²) in [5.41, 5.74) is 20.0. The summed E-state index contributed by atoms with van der Waals surface area (Å²) in [6.45, 7) is 0. The van der Waals surface area contributed by atoms with E-state index >= 15 is 0 Å². The smallest absolute Gasteiger partial charge is 0.0540 e. The summed E-state index contributed by atoms with van der Waals surface area (Å²) < 4.78 is 0. The average Bonchev–Trinajstić information content (AvgIpc) is 3.69. The van der Waals surface area contributed by atoms with Gasteiger partial charge in [0, 0.05) is 38.9 Å². The molecular weight excluding hydrogens is 845 g/mol. The maximum Gasteiger partial charge on any atom is 0.0540 e. The van der Waals surface area contributed by atoms with E-state index in [1.165, 1.54) is 121 Å². The molecule has 1 fully saturated rings. The Bertz CT molecular complexity index is 3670. The van der Waals surface area contributed by atoms with Crippen LogP contribution in [0, 0.1) is 0 Å². The lowest BCUT2D eigenvalue weighted by Crippen LogP contribution is -2.28. The Balaban J connectivity index is 0.858. The minimum atomic E-state index is 0.122. The molecule has 2 aliphatic carbocycles. The Labute approximate surface area is 411 Å². The number of rotatable bonds is 9. The topological polar surface area (TPSA) is 6.48 Å². The maximum atomic E-state index is 2.48. The molecule has 2 aliphatic rings. The molecule has 13 rings (SSSR count). The minimum absolute atomic E-state index is 0.122. The first-order chi connectivity index (χ1) is 34.7. The van der Waals surface area contributed by atoms with Crippen LogP contribution in [0.4, 0.5) is 34.1 Å². The van der Waals surface area contributed by atoms with Crippen molar-refractivity contribution in [2.75, 3.05) is 9.80 Å². The molecule has 334 valence electrons. The van der Waals surface area contributed by atoms with Gasteiger partial charge in [0.25, 0.3) is 0 Å². The summed E-state index contributed by atoms with van der Waals surface area (Å²) in [5.74, 6) is 0. The lowest BCUT2D eigenvalue weighted by molar-refractivity contribution is 0.353. The van der Waals surface area contributed by atoms with Crippen molar-refractivity contribution in [1.82, 2.24) is 0 Å². The number of nitrogens with zero attached hydrogens (tertiary/aromatic N) is 2. The van der Waals surface area contributed by atoms with E-state index in [4.69, 9.17) is 0 Å². The number of fused-ring (bicyclic) bond motifs is 7. The van der Waals surface area contributed by atoms with E-state index in [1.807, 2.05) is 0 Å². The van der Waals surface area contributed by atoms with E-state index in [2.05, 4.69) is 265 Å². The van der Waals surface area contributed by atoms with Gasteiger partial charge in [-0.1, -0.05) is 207 Å². The third kappa shape index (κ3) is 7.27. The Morgan fingerprint density at radius 2 is 0.686 bits per heavy atom. The van der Waals surface area contributed by atoms with Crippen molar-refractivity contribution in [2.45, 2.75) is 37.5 Å². The summed E-state index contributed by atoms with van der Waals surface area (Å²) in [5, 5.41) is 4.89. The summed E-state index contributed by atoms with van der Waals surface area (Å²) >= 11 is 0. The molecule has 0 aromatic heterocycles. The van der Waals surface area contributed by atoms with Crippen LogP contribution in [0.25, 0.3) is 66.1 Å². The SMILES string of the molecule is c1ccc(-c2cccc(-c3ccc(N(c4ccc(-c5ccc(N(c6ccc7c(c6)-c6ccccc6C76CCCCC6)c6cccc7ccccc67)cc5)cc4)c4cccc5ccccc45)cc3)c2)cc1. The molecule has 1 spiro atoms. The van der Waals surface area contributed by atoms with Gasteiger partial charge in [-0.05, 0) is 146 Å². The molecule has 11 aromatic carbocycles. The highest BCUT2D eigenvalue weighted by Gasteiger charge is 2.43. The van der Waals surface area contributed by atoms with Crippen LogP contribution in [-0.2, 0) is 5.41 Å².